The van der Waals surface area contributed by atoms with Crippen LogP contribution in [-0.2, 0) is 11.3 Å². The fraction of sp³-hybridized carbons (Fsp3) is 0.417. The molecule has 1 fully saturated rings. The van der Waals surface area contributed by atoms with Crippen LogP contribution in [0.2, 0.25) is 0 Å². The molecule has 2 heterocycles. The molecular weight excluding hydrogens is 346 g/mol. The summed E-state index contributed by atoms with van der Waals surface area (Å²) >= 11 is 0. The van der Waals surface area contributed by atoms with Gasteiger partial charge in [-0.3, -0.25) is 4.79 Å². The van der Waals surface area contributed by atoms with Crippen LogP contribution in [0.4, 0.5) is 0 Å². The summed E-state index contributed by atoms with van der Waals surface area (Å²) in [5.41, 5.74) is 8.90. The Labute approximate surface area is 167 Å². The summed E-state index contributed by atoms with van der Waals surface area (Å²) in [4.78, 5) is 19.3. The molecule has 0 radical (unpaired) electrons. The number of hydrogen-bond donors (Lipinski definition) is 0. The van der Waals surface area contributed by atoms with Gasteiger partial charge in [0.2, 0.25) is 5.91 Å². The van der Waals surface area contributed by atoms with Gasteiger partial charge in [-0.25, -0.2) is 4.98 Å². The Kier molecular flexibility index (Phi) is 4.74. The molecule has 1 aliphatic rings. The van der Waals surface area contributed by atoms with Gasteiger partial charge in [0.15, 0.2) is 0 Å². The Bertz CT molecular complexity index is 1040. The highest BCUT2D eigenvalue weighted by molar-refractivity contribution is 5.81. The van der Waals surface area contributed by atoms with Gasteiger partial charge in [-0.15, -0.1) is 0 Å². The molecular formula is C24H29N3O. The molecule has 1 saturated heterocycles. The van der Waals surface area contributed by atoms with Crippen LogP contribution < -0.4 is 0 Å². The number of imidazole rings is 1. The number of para-hydroxylation sites is 2. The molecule has 4 rings (SSSR count). The molecule has 0 spiro atoms. The molecule has 3 aromatic rings. The van der Waals surface area contributed by atoms with Crippen LogP contribution in [0.15, 0.2) is 30.3 Å². The minimum absolute atomic E-state index is 0.159. The quantitative estimate of drug-likeness (QED) is 0.665. The number of nitrogens with zero attached hydrogens (tertiary/aromatic N) is 3. The average Bonchev–Trinajstić information content (AvgIpc) is 3.23. The minimum Gasteiger partial charge on any atom is -0.342 e. The van der Waals surface area contributed by atoms with Crippen molar-refractivity contribution in [3.63, 3.8) is 0 Å². The predicted octanol–water partition coefficient (Wildman–Crippen LogP) is 4.65. The number of rotatable bonds is 4. The first kappa shape index (κ1) is 18.7. The van der Waals surface area contributed by atoms with Gasteiger partial charge in [0, 0.05) is 32.0 Å². The highest BCUT2D eigenvalue weighted by Crippen LogP contribution is 2.32. The first-order valence-corrected chi connectivity index (χ1v) is 10.2. The maximum Gasteiger partial charge on any atom is 0.223 e. The Morgan fingerprint density at radius 2 is 1.75 bits per heavy atom. The molecule has 0 bridgehead atoms. The molecule has 146 valence electrons. The number of likely N-dealkylation sites (N-methyl/N-ethyl adjacent to an activating group) is 1. The number of aryl methyl sites for hydroxylation is 2. The zero-order valence-electron chi connectivity index (χ0n) is 17.5. The van der Waals surface area contributed by atoms with E-state index < -0.39 is 0 Å². The lowest BCUT2D eigenvalue weighted by Crippen LogP contribution is -2.24. The number of hydrogen-bond acceptors (Lipinski definition) is 2. The third-order valence-corrected chi connectivity index (χ3v) is 6.48. The van der Waals surface area contributed by atoms with Gasteiger partial charge in [0.1, 0.15) is 5.82 Å². The minimum atomic E-state index is 0.159. The first-order chi connectivity index (χ1) is 13.4. The summed E-state index contributed by atoms with van der Waals surface area (Å²) in [6.45, 7) is 13.2. The maximum absolute atomic E-state index is 12.4. The van der Waals surface area contributed by atoms with Crippen molar-refractivity contribution in [3.8, 4) is 0 Å². The smallest absolute Gasteiger partial charge is 0.223 e. The fourth-order valence-corrected chi connectivity index (χ4v) is 4.52. The standard InChI is InChI=1S/C24H29N3O/c1-6-26-13-19(12-23(26)28)24-25-21-9-7-8-10-22(21)27(24)14-20-17(4)15(2)11-16(3)18(20)5/h7-11,19H,6,12-14H2,1-5H3/t19-/m0/s1. The lowest BCUT2D eigenvalue weighted by Gasteiger charge is -2.19. The first-order valence-electron chi connectivity index (χ1n) is 10.2. The lowest BCUT2D eigenvalue weighted by molar-refractivity contribution is -0.127. The number of likely N-dealkylation sites (tertiary alicyclic amines) is 1. The van der Waals surface area contributed by atoms with Crippen LogP contribution in [-0.4, -0.2) is 33.4 Å². The maximum atomic E-state index is 12.4. The number of fused-ring (bicyclic) bond motifs is 1. The summed E-state index contributed by atoms with van der Waals surface area (Å²) in [5.74, 6) is 1.44. The van der Waals surface area contributed by atoms with E-state index >= 15 is 0 Å². The molecule has 0 unspecified atom stereocenters. The average molecular weight is 376 g/mol. The zero-order chi connectivity index (χ0) is 20.0. The third kappa shape index (κ3) is 3.01. The lowest BCUT2D eigenvalue weighted by atomic mass is 9.94. The van der Waals surface area contributed by atoms with Crippen molar-refractivity contribution in [2.75, 3.05) is 13.1 Å². The molecule has 28 heavy (non-hydrogen) atoms. The van der Waals surface area contributed by atoms with E-state index in [0.717, 1.165) is 36.5 Å². The number of aromatic nitrogens is 2. The molecule has 1 aromatic heterocycles. The van der Waals surface area contributed by atoms with Crippen LogP contribution >= 0.6 is 0 Å². The van der Waals surface area contributed by atoms with E-state index in [1.54, 1.807) is 0 Å². The summed E-state index contributed by atoms with van der Waals surface area (Å²) in [7, 11) is 0. The molecule has 1 amide bonds. The molecule has 4 nitrogen and oxygen atoms in total. The summed E-state index contributed by atoms with van der Waals surface area (Å²) in [6.07, 6.45) is 0.558. The second-order valence-electron chi connectivity index (χ2n) is 8.12. The Hall–Kier alpha value is -2.62. The fourth-order valence-electron chi connectivity index (χ4n) is 4.52. The van der Waals surface area contributed by atoms with Gasteiger partial charge >= 0.3 is 0 Å². The monoisotopic (exact) mass is 375 g/mol. The summed E-state index contributed by atoms with van der Waals surface area (Å²) < 4.78 is 2.35. The normalized spacial score (nSPS) is 17.1. The number of benzene rings is 2. The second kappa shape index (κ2) is 7.08. The van der Waals surface area contributed by atoms with Crippen molar-refractivity contribution in [1.29, 1.82) is 0 Å². The van der Waals surface area contributed by atoms with Gasteiger partial charge in [-0.2, -0.15) is 0 Å². The largest absolute Gasteiger partial charge is 0.342 e. The summed E-state index contributed by atoms with van der Waals surface area (Å²) in [6, 6.07) is 10.6. The van der Waals surface area contributed by atoms with Crippen molar-refractivity contribution in [2.45, 2.75) is 53.5 Å². The Morgan fingerprint density at radius 1 is 1.07 bits per heavy atom. The SMILES string of the molecule is CCN1C[C@@H](c2nc3ccccc3n2Cc2c(C)c(C)cc(C)c2C)CC1=O. The molecule has 0 N–H and O–H groups in total. The van der Waals surface area contributed by atoms with Crippen molar-refractivity contribution >= 4 is 16.9 Å². The number of carbonyl (C=O) groups is 1. The van der Waals surface area contributed by atoms with Crippen molar-refractivity contribution < 1.29 is 4.79 Å². The van der Waals surface area contributed by atoms with E-state index in [4.69, 9.17) is 4.98 Å². The van der Waals surface area contributed by atoms with Gasteiger partial charge < -0.3 is 9.47 Å². The van der Waals surface area contributed by atoms with E-state index in [-0.39, 0.29) is 11.8 Å². The van der Waals surface area contributed by atoms with Gasteiger partial charge in [-0.05, 0) is 74.6 Å². The Balaban J connectivity index is 1.85. The van der Waals surface area contributed by atoms with Crippen LogP contribution in [0, 0.1) is 27.7 Å². The second-order valence-corrected chi connectivity index (χ2v) is 8.12. The van der Waals surface area contributed by atoms with Crippen LogP contribution in [0.5, 0.6) is 0 Å². The number of amides is 1. The highest BCUT2D eigenvalue weighted by Gasteiger charge is 2.33. The van der Waals surface area contributed by atoms with E-state index in [1.165, 1.54) is 27.8 Å². The Morgan fingerprint density at radius 3 is 2.39 bits per heavy atom. The predicted molar refractivity (Wildman–Crippen MR) is 114 cm³/mol. The molecule has 1 aliphatic heterocycles. The van der Waals surface area contributed by atoms with Crippen molar-refractivity contribution in [1.82, 2.24) is 14.5 Å². The molecule has 0 saturated carbocycles. The van der Waals surface area contributed by atoms with Crippen molar-refractivity contribution in [3.05, 3.63) is 64.0 Å². The summed E-state index contributed by atoms with van der Waals surface area (Å²) in [5, 5.41) is 0. The van der Waals surface area contributed by atoms with E-state index in [0.29, 0.717) is 6.42 Å². The molecule has 4 heteroatoms. The van der Waals surface area contributed by atoms with Crippen molar-refractivity contribution in [2.24, 2.45) is 0 Å². The van der Waals surface area contributed by atoms with E-state index in [9.17, 15) is 4.79 Å². The highest BCUT2D eigenvalue weighted by atomic mass is 16.2. The topological polar surface area (TPSA) is 38.1 Å². The number of carbonyl (C=O) groups excluding carboxylic acids is 1. The zero-order valence-corrected chi connectivity index (χ0v) is 17.5. The van der Waals surface area contributed by atoms with Crippen LogP contribution in [0.1, 0.15) is 52.9 Å². The molecule has 0 aliphatic carbocycles. The van der Waals surface area contributed by atoms with Gasteiger partial charge in [0.05, 0.1) is 11.0 Å². The van der Waals surface area contributed by atoms with Gasteiger partial charge in [-0.1, -0.05) is 18.2 Å². The molecule has 1 atom stereocenters. The van der Waals surface area contributed by atoms with Gasteiger partial charge in [0.25, 0.3) is 0 Å². The molecule has 2 aromatic carbocycles. The third-order valence-electron chi connectivity index (χ3n) is 6.48. The van der Waals surface area contributed by atoms with E-state index in [2.05, 4.69) is 56.5 Å². The van der Waals surface area contributed by atoms with E-state index in [1.807, 2.05) is 17.9 Å². The van der Waals surface area contributed by atoms with Crippen LogP contribution in [0.25, 0.3) is 11.0 Å². The van der Waals surface area contributed by atoms with Crippen LogP contribution in [0.3, 0.4) is 0 Å².